The van der Waals surface area contributed by atoms with Gasteiger partial charge in [-0.25, -0.2) is 4.98 Å². The summed E-state index contributed by atoms with van der Waals surface area (Å²) in [5, 5.41) is 0. The van der Waals surface area contributed by atoms with Crippen LogP contribution in [0.25, 0.3) is 0 Å². The summed E-state index contributed by atoms with van der Waals surface area (Å²) in [5.74, 6) is 0. The van der Waals surface area contributed by atoms with Crippen LogP contribution in [-0.4, -0.2) is 32.9 Å². The summed E-state index contributed by atoms with van der Waals surface area (Å²) in [6, 6.07) is -0.159. The predicted molar refractivity (Wildman–Crippen MR) is 70.1 cm³/mol. The van der Waals surface area contributed by atoms with Crippen molar-refractivity contribution in [1.82, 2.24) is 14.9 Å². The summed E-state index contributed by atoms with van der Waals surface area (Å²) in [5.41, 5.74) is 6.65. The van der Waals surface area contributed by atoms with E-state index in [4.69, 9.17) is 18.0 Å². The van der Waals surface area contributed by atoms with Gasteiger partial charge in [0, 0.05) is 19.3 Å². The van der Waals surface area contributed by atoms with E-state index in [0.717, 1.165) is 5.69 Å². The first kappa shape index (κ1) is 12.6. The van der Waals surface area contributed by atoms with E-state index in [2.05, 4.69) is 28.0 Å². The largest absolute Gasteiger partial charge is 0.392 e. The number of thiocarbonyl (C=S) groups is 1. The molecule has 4 nitrogen and oxygen atoms in total. The highest BCUT2D eigenvalue weighted by molar-refractivity contribution is 7.80. The highest BCUT2D eigenvalue weighted by Gasteiger charge is 2.22. The average molecular weight is 236 g/mol. The Kier molecular flexibility index (Phi) is 4.88. The van der Waals surface area contributed by atoms with Crippen LogP contribution in [-0.2, 0) is 0 Å². The van der Waals surface area contributed by atoms with E-state index in [-0.39, 0.29) is 6.04 Å². The smallest absolute Gasteiger partial charge is 0.103 e. The van der Waals surface area contributed by atoms with Crippen LogP contribution in [0.3, 0.4) is 0 Å². The summed E-state index contributed by atoms with van der Waals surface area (Å²) in [4.78, 5) is 9.48. The quantitative estimate of drug-likeness (QED) is 0.555. The van der Waals surface area contributed by atoms with E-state index in [0.29, 0.717) is 18.1 Å². The molecule has 0 aliphatic carbocycles. The second kappa shape index (κ2) is 6.19. The Hall–Kier alpha value is -1.46. The van der Waals surface area contributed by atoms with Gasteiger partial charge in [0.25, 0.3) is 0 Å². The Labute approximate surface area is 101 Å². The van der Waals surface area contributed by atoms with E-state index >= 15 is 0 Å². The third-order valence-electron chi connectivity index (χ3n) is 2.18. The first-order valence-electron chi connectivity index (χ1n) is 4.94. The van der Waals surface area contributed by atoms with Gasteiger partial charge >= 0.3 is 0 Å². The van der Waals surface area contributed by atoms with Crippen molar-refractivity contribution < 1.29 is 0 Å². The summed E-state index contributed by atoms with van der Waals surface area (Å²) in [6.45, 7) is 8.81. The zero-order valence-corrected chi connectivity index (χ0v) is 9.91. The van der Waals surface area contributed by atoms with Gasteiger partial charge in [0.15, 0.2) is 0 Å². The third-order valence-corrected chi connectivity index (χ3v) is 2.40. The second-order valence-corrected chi connectivity index (χ2v) is 3.81. The molecule has 0 amide bonds. The van der Waals surface area contributed by atoms with Gasteiger partial charge in [-0.2, -0.15) is 0 Å². The van der Waals surface area contributed by atoms with Gasteiger partial charge in [0.05, 0.1) is 17.0 Å². The summed E-state index contributed by atoms with van der Waals surface area (Å²) < 4.78 is 0. The molecule has 1 atom stereocenters. The molecule has 5 heteroatoms. The molecular formula is C11H16N4S. The Bertz CT molecular complexity index is 348. The molecule has 0 saturated heterocycles. The fourth-order valence-corrected chi connectivity index (χ4v) is 1.84. The average Bonchev–Trinajstić information content (AvgIpc) is 2.71. The maximum atomic E-state index is 5.76. The van der Waals surface area contributed by atoms with Gasteiger partial charge < -0.3 is 10.7 Å². The van der Waals surface area contributed by atoms with Crippen LogP contribution in [0.1, 0.15) is 11.7 Å². The molecule has 86 valence electrons. The number of nitrogens with one attached hydrogen (secondary N) is 1. The van der Waals surface area contributed by atoms with Crippen molar-refractivity contribution >= 4 is 17.2 Å². The minimum absolute atomic E-state index is 0.159. The lowest BCUT2D eigenvalue weighted by Gasteiger charge is -2.27. The third kappa shape index (κ3) is 3.01. The van der Waals surface area contributed by atoms with Crippen LogP contribution < -0.4 is 5.73 Å². The Morgan fingerprint density at radius 2 is 2.19 bits per heavy atom. The van der Waals surface area contributed by atoms with Crippen molar-refractivity contribution in [2.45, 2.75) is 6.04 Å². The molecule has 0 spiro atoms. The minimum atomic E-state index is -0.159. The topological polar surface area (TPSA) is 57.9 Å². The zero-order valence-electron chi connectivity index (χ0n) is 9.10. The molecule has 0 saturated carbocycles. The molecule has 1 aromatic heterocycles. The molecule has 0 aliphatic heterocycles. The van der Waals surface area contributed by atoms with Gasteiger partial charge in [-0.1, -0.05) is 24.4 Å². The highest BCUT2D eigenvalue weighted by atomic mass is 32.1. The number of nitrogens with zero attached hydrogens (tertiary/aromatic N) is 2. The molecule has 0 fully saturated rings. The summed E-state index contributed by atoms with van der Waals surface area (Å²) >= 11 is 5.09. The van der Waals surface area contributed by atoms with Crippen molar-refractivity contribution in [3.05, 3.63) is 43.5 Å². The number of hydrogen-bond donors (Lipinski definition) is 2. The monoisotopic (exact) mass is 236 g/mol. The Balaban J connectivity index is 2.94. The lowest BCUT2D eigenvalue weighted by molar-refractivity contribution is 0.298. The normalized spacial score (nSPS) is 12.3. The van der Waals surface area contributed by atoms with Gasteiger partial charge in [-0.05, 0) is 0 Å². The predicted octanol–water partition coefficient (Wildman–Crippen LogP) is 1.41. The van der Waals surface area contributed by atoms with Crippen LogP contribution in [0, 0.1) is 0 Å². The summed E-state index contributed by atoms with van der Waals surface area (Å²) in [7, 11) is 0. The molecule has 16 heavy (non-hydrogen) atoms. The molecule has 1 unspecified atom stereocenters. The maximum absolute atomic E-state index is 5.76. The van der Waals surface area contributed by atoms with Gasteiger partial charge in [-0.15, -0.1) is 13.2 Å². The van der Waals surface area contributed by atoms with Crippen LogP contribution in [0.15, 0.2) is 37.8 Å². The van der Waals surface area contributed by atoms with E-state index < -0.39 is 0 Å². The first-order valence-corrected chi connectivity index (χ1v) is 5.35. The molecule has 0 bridgehead atoms. The number of aromatic nitrogens is 2. The second-order valence-electron chi connectivity index (χ2n) is 3.34. The minimum Gasteiger partial charge on any atom is -0.392 e. The molecule has 1 aromatic rings. The van der Waals surface area contributed by atoms with E-state index in [1.54, 1.807) is 12.5 Å². The van der Waals surface area contributed by atoms with E-state index in [9.17, 15) is 0 Å². The first-order chi connectivity index (χ1) is 7.70. The number of aromatic amines is 1. The molecule has 1 heterocycles. The summed E-state index contributed by atoms with van der Waals surface area (Å²) in [6.07, 6.45) is 6.96. The van der Waals surface area contributed by atoms with Crippen LogP contribution in [0.4, 0.5) is 0 Å². The molecule has 0 aromatic carbocycles. The van der Waals surface area contributed by atoms with Crippen molar-refractivity contribution in [3.63, 3.8) is 0 Å². The van der Waals surface area contributed by atoms with Crippen LogP contribution >= 0.6 is 12.2 Å². The molecule has 1 rings (SSSR count). The fraction of sp³-hybridized carbons (Fsp3) is 0.273. The van der Waals surface area contributed by atoms with Gasteiger partial charge in [-0.3, -0.25) is 4.90 Å². The number of hydrogen-bond acceptors (Lipinski definition) is 3. The Morgan fingerprint density at radius 3 is 2.56 bits per heavy atom. The lowest BCUT2D eigenvalue weighted by Crippen LogP contribution is -2.37. The highest BCUT2D eigenvalue weighted by Crippen LogP contribution is 2.18. The lowest BCUT2D eigenvalue weighted by atomic mass is 10.2. The number of nitrogens with two attached hydrogens (primary N) is 1. The standard InChI is InChI=1S/C11H16N4S/c1-3-5-15(6-4-2)10(11(12)16)9-7-13-8-14-9/h3-4,7-8,10H,1-2,5-6H2,(H2,12,16)(H,13,14). The number of rotatable bonds is 7. The molecule has 0 aliphatic rings. The fourth-order valence-electron chi connectivity index (χ4n) is 1.56. The SMILES string of the molecule is C=CCN(CC=C)C(C(N)=S)c1cnc[nH]1. The van der Waals surface area contributed by atoms with E-state index in [1.165, 1.54) is 0 Å². The zero-order chi connectivity index (χ0) is 12.0. The number of H-pyrrole nitrogens is 1. The van der Waals surface area contributed by atoms with Crippen molar-refractivity contribution in [1.29, 1.82) is 0 Å². The van der Waals surface area contributed by atoms with E-state index in [1.807, 2.05) is 12.2 Å². The van der Waals surface area contributed by atoms with Crippen LogP contribution in [0.5, 0.6) is 0 Å². The molecule has 3 N–H and O–H groups in total. The van der Waals surface area contributed by atoms with Crippen molar-refractivity contribution in [2.75, 3.05) is 13.1 Å². The molecular weight excluding hydrogens is 220 g/mol. The van der Waals surface area contributed by atoms with Gasteiger partial charge in [0.1, 0.15) is 6.04 Å². The van der Waals surface area contributed by atoms with Crippen LogP contribution in [0.2, 0.25) is 0 Å². The van der Waals surface area contributed by atoms with Gasteiger partial charge in [0.2, 0.25) is 0 Å². The molecule has 0 radical (unpaired) electrons. The van der Waals surface area contributed by atoms with Crippen molar-refractivity contribution in [3.8, 4) is 0 Å². The number of imidazole rings is 1. The van der Waals surface area contributed by atoms with Crippen molar-refractivity contribution in [2.24, 2.45) is 5.73 Å². The Morgan fingerprint density at radius 1 is 1.56 bits per heavy atom. The maximum Gasteiger partial charge on any atom is 0.103 e.